The molecule has 0 saturated heterocycles. The van der Waals surface area contributed by atoms with Crippen LogP contribution in [0, 0.1) is 0 Å². The Morgan fingerprint density at radius 3 is 1.25 bits per heavy atom. The number of rotatable bonds is 11. The number of phenolic OH excluding ortho intramolecular Hbond substituents is 4. The van der Waals surface area contributed by atoms with Gasteiger partial charge in [-0.2, -0.15) is 33.7 Å². The summed E-state index contributed by atoms with van der Waals surface area (Å²) in [6.07, 6.45) is 0. The zero-order valence-electron chi connectivity index (χ0n) is 37.9. The third kappa shape index (κ3) is 16.3. The van der Waals surface area contributed by atoms with Crippen molar-refractivity contribution in [2.45, 2.75) is 19.6 Å². The van der Waals surface area contributed by atoms with Crippen LogP contribution in [0.5, 0.6) is 23.0 Å². The molecule has 73 heavy (non-hydrogen) atoms. The van der Waals surface area contributed by atoms with Crippen LogP contribution in [0.3, 0.4) is 0 Å². The van der Waals surface area contributed by atoms with Crippen LogP contribution in [0.4, 0.5) is 28.4 Å². The molecule has 0 aromatic heterocycles. The molecule has 0 bridgehead atoms. The maximum Gasteiger partial charge on any atom is 1.00 e. The van der Waals surface area contributed by atoms with Crippen LogP contribution in [0.2, 0.25) is 0 Å². The number of anilines is 1. The number of fused-ring (bicyclic) bond motifs is 2. The summed E-state index contributed by atoms with van der Waals surface area (Å²) in [5.41, 5.74) is -1.85. The second kappa shape index (κ2) is 28.2. The van der Waals surface area contributed by atoms with Crippen molar-refractivity contribution in [2.75, 3.05) is 5.32 Å². The van der Waals surface area contributed by atoms with Gasteiger partial charge in [0, 0.05) is 66.9 Å². The van der Waals surface area contributed by atoms with Crippen LogP contribution in [0.15, 0.2) is 149 Å². The predicted molar refractivity (Wildman–Crippen MR) is 237 cm³/mol. The van der Waals surface area contributed by atoms with E-state index < -0.39 is 122 Å². The fourth-order valence-corrected chi connectivity index (χ4v) is 9.35. The zero-order chi connectivity index (χ0) is 47.4. The van der Waals surface area contributed by atoms with Crippen LogP contribution in [-0.2, 0) is 74.6 Å². The van der Waals surface area contributed by atoms with Crippen molar-refractivity contribution < 1.29 is 235 Å². The van der Waals surface area contributed by atoms with Crippen molar-refractivity contribution >= 4 is 96.4 Å². The molecule has 0 saturated carbocycles. The van der Waals surface area contributed by atoms with Crippen LogP contribution in [0.1, 0.15) is 10.4 Å². The quantitative estimate of drug-likeness (QED) is 0.0329. The van der Waals surface area contributed by atoms with Gasteiger partial charge >= 0.3 is 118 Å². The van der Waals surface area contributed by atoms with E-state index in [9.17, 15) is 77.1 Å². The van der Waals surface area contributed by atoms with Gasteiger partial charge in [-0.15, -0.1) is 20.5 Å². The Morgan fingerprint density at radius 1 is 0.438 bits per heavy atom. The number of benzene rings is 7. The Bertz CT molecular complexity index is 3740. The number of nitrogens with one attached hydrogen (secondary N) is 1. The van der Waals surface area contributed by atoms with Gasteiger partial charge in [-0.25, -0.2) is 0 Å². The zero-order valence-corrected chi connectivity index (χ0v) is 51.0. The van der Waals surface area contributed by atoms with E-state index in [2.05, 4.69) is 25.8 Å². The van der Waals surface area contributed by atoms with Crippen LogP contribution in [-0.4, -0.2) is 83.7 Å². The van der Waals surface area contributed by atoms with E-state index >= 15 is 0 Å². The standard InChI is InChI=1S/C39H27N5O17S4.2Cu.H3N.4Na.H2O/c45-29-13-20(9-11-25(29)41-43-27-17-32(63(53,54)55)23-7-4-8-31(62(50,51)52)35(23)37(27)47)21-10-12-26(30(46)14-21)42-44-28-18-33(64(56,57)58)24-15-22(40-39(49)19-5-2-1-3-6-19)16-34(65(59,60)61)36(24)38(28)48;;;;;;;;/h1-18,45-48H,(H,40,49)(H,50,51,52)(H,53,54,55)(H,56,57,58)(H,59,60,61);;;1H3;;;;;1H2/q;;;;4*+1;. The molecule has 14 N–H and O–H groups in total. The molecule has 24 nitrogen and oxygen atoms in total. The van der Waals surface area contributed by atoms with Gasteiger partial charge in [0.15, 0.2) is 11.5 Å². The summed E-state index contributed by atoms with van der Waals surface area (Å²) in [5.74, 6) is -3.93. The average Bonchev–Trinajstić information content (AvgIpc) is 3.22. The van der Waals surface area contributed by atoms with E-state index in [0.29, 0.717) is 12.1 Å². The van der Waals surface area contributed by atoms with Gasteiger partial charge in [-0.05, 0) is 77.9 Å². The first-order chi connectivity index (χ1) is 30.3. The maximum atomic E-state index is 12.8. The topological polar surface area (TPSA) is 443 Å². The molecule has 0 atom stereocenters. The van der Waals surface area contributed by atoms with Crippen molar-refractivity contribution in [3.8, 4) is 34.1 Å². The van der Waals surface area contributed by atoms with E-state index in [4.69, 9.17) is 0 Å². The van der Waals surface area contributed by atoms with Gasteiger partial charge in [0.1, 0.15) is 53.8 Å². The van der Waals surface area contributed by atoms with E-state index in [1.165, 1.54) is 48.5 Å². The predicted octanol–water partition coefficient (Wildman–Crippen LogP) is -5.10. The van der Waals surface area contributed by atoms with Crippen LogP contribution < -0.4 is 130 Å². The van der Waals surface area contributed by atoms with E-state index in [-0.39, 0.29) is 198 Å². The summed E-state index contributed by atoms with van der Waals surface area (Å²) in [6, 6.07) is 20.8. The van der Waals surface area contributed by atoms with Crippen LogP contribution in [0.25, 0.3) is 32.7 Å². The number of nitrogens with zero attached hydrogens (tertiary/aromatic N) is 4. The summed E-state index contributed by atoms with van der Waals surface area (Å²) in [5, 5.41) is 58.5. The normalized spacial score (nSPS) is 11.3. The molecule has 1 amide bonds. The molecule has 0 heterocycles. The average molecular weight is 1220 g/mol. The number of carbonyl (C=O) groups is 1. The molecule has 34 heteroatoms. The minimum Gasteiger partial charge on any atom is -0.506 e. The minimum atomic E-state index is -5.30. The Kier molecular flexibility index (Phi) is 28.1. The molecule has 0 aliphatic carbocycles. The number of aromatic hydroxyl groups is 4. The van der Waals surface area contributed by atoms with E-state index in [0.717, 1.165) is 42.5 Å². The van der Waals surface area contributed by atoms with Crippen molar-refractivity contribution in [3.05, 3.63) is 115 Å². The number of hydrogen-bond acceptors (Lipinski definition) is 18. The first kappa shape index (κ1) is 72.6. The smallest absolute Gasteiger partial charge is 0.506 e. The van der Waals surface area contributed by atoms with Crippen molar-refractivity contribution in [1.29, 1.82) is 0 Å². The molecule has 7 rings (SSSR count). The third-order valence-electron chi connectivity index (χ3n) is 9.37. The van der Waals surface area contributed by atoms with Crippen LogP contribution >= 0.6 is 0 Å². The van der Waals surface area contributed by atoms with Gasteiger partial charge in [-0.3, -0.25) is 23.0 Å². The molecular weight excluding hydrogens is 1190 g/mol. The Labute approximate surface area is 524 Å². The molecule has 0 aliphatic rings. The maximum absolute atomic E-state index is 12.8. The molecular formula is C39H32Cu2N6Na4O18S4+4. The second-order valence-electron chi connectivity index (χ2n) is 13.6. The fraction of sp³-hybridized carbons (Fsp3) is 0. The number of phenols is 4. The largest absolute Gasteiger partial charge is 1.00 e. The van der Waals surface area contributed by atoms with Crippen molar-refractivity contribution in [1.82, 2.24) is 6.15 Å². The number of amides is 1. The number of carbonyl (C=O) groups excluding carboxylic acids is 1. The molecule has 372 valence electrons. The van der Waals surface area contributed by atoms with Crippen molar-refractivity contribution in [3.63, 3.8) is 0 Å². The van der Waals surface area contributed by atoms with Gasteiger partial charge in [0.05, 0.1) is 0 Å². The Morgan fingerprint density at radius 2 is 0.836 bits per heavy atom. The van der Waals surface area contributed by atoms with Gasteiger partial charge < -0.3 is 37.4 Å². The third-order valence-corrected chi connectivity index (χ3v) is 12.9. The summed E-state index contributed by atoms with van der Waals surface area (Å²) >= 11 is 0. The number of hydrogen-bond donors (Lipinski definition) is 10. The van der Waals surface area contributed by atoms with E-state index in [1.54, 1.807) is 6.07 Å². The first-order valence-electron chi connectivity index (χ1n) is 17.7. The summed E-state index contributed by atoms with van der Waals surface area (Å²) in [6.45, 7) is 0. The SMILES string of the molecule is N.O.O=C(Nc1cc(S(=O)(=O)O)c2c(O)c(N=Nc3ccc(-c4ccc(N=Nc5cc(S(=O)(=O)O)c6cccc(S(=O)(=O)O)c6c5O)c(O)c4)cc3O)cc(S(=O)(=O)O)c2c1)c1ccccc1.[Cu].[Cu].[Na+].[Na+].[Na+].[Na+]. The Hall–Kier alpha value is -2.47. The summed E-state index contributed by atoms with van der Waals surface area (Å²) in [4.78, 5) is 8.90. The molecule has 7 aromatic carbocycles. The number of azo groups is 2. The minimum absolute atomic E-state index is 0. The van der Waals surface area contributed by atoms with Gasteiger partial charge in [-0.1, -0.05) is 42.5 Å². The molecule has 2 radical (unpaired) electrons. The van der Waals surface area contributed by atoms with Gasteiger partial charge in [0.25, 0.3) is 46.4 Å². The van der Waals surface area contributed by atoms with Gasteiger partial charge in [0.2, 0.25) is 0 Å². The fourth-order valence-electron chi connectivity index (χ4n) is 6.48. The summed E-state index contributed by atoms with van der Waals surface area (Å²) < 4.78 is 138. The van der Waals surface area contributed by atoms with Crippen molar-refractivity contribution in [2.24, 2.45) is 20.5 Å². The molecule has 0 spiro atoms. The molecule has 0 fully saturated rings. The Balaban J connectivity index is 0. The first-order valence-corrected chi connectivity index (χ1v) is 23.5. The molecule has 0 unspecified atom stereocenters. The van der Waals surface area contributed by atoms with E-state index in [1.807, 2.05) is 0 Å². The monoisotopic (exact) mass is 1220 g/mol. The second-order valence-corrected chi connectivity index (χ2v) is 19.1. The molecule has 0 aliphatic heterocycles. The molecule has 7 aromatic rings. The summed E-state index contributed by atoms with van der Waals surface area (Å²) in [7, 11) is -20.7.